The molecule has 0 aromatic heterocycles. The van der Waals surface area contributed by atoms with Gasteiger partial charge in [0.2, 0.25) is 0 Å². The average molecular weight is 380 g/mol. The van der Waals surface area contributed by atoms with Crippen LogP contribution in [-0.2, 0) is 11.3 Å². The van der Waals surface area contributed by atoms with E-state index in [0.29, 0.717) is 16.6 Å². The summed E-state index contributed by atoms with van der Waals surface area (Å²) in [6, 6.07) is 10.7. The van der Waals surface area contributed by atoms with Crippen LogP contribution in [0.2, 0.25) is 0 Å². The van der Waals surface area contributed by atoms with Crippen LogP contribution >= 0.6 is 15.9 Å². The largest absolute Gasteiger partial charge is 0.465 e. The molecule has 0 aliphatic rings. The van der Waals surface area contributed by atoms with Gasteiger partial charge in [0.15, 0.2) is 0 Å². The van der Waals surface area contributed by atoms with Crippen LogP contribution in [0.4, 0.5) is 4.39 Å². The topological polar surface area (TPSA) is 46.6 Å². The van der Waals surface area contributed by atoms with Crippen LogP contribution in [0.5, 0.6) is 0 Å². The summed E-state index contributed by atoms with van der Waals surface area (Å²) in [4.78, 5) is 25.3. The van der Waals surface area contributed by atoms with E-state index in [1.54, 1.807) is 31.3 Å². The fourth-order valence-electron chi connectivity index (χ4n) is 2.08. The molecule has 0 radical (unpaired) electrons. The number of carbonyl (C=O) groups excluding carboxylic acids is 2. The summed E-state index contributed by atoms with van der Waals surface area (Å²) in [6.07, 6.45) is 0. The van der Waals surface area contributed by atoms with Crippen molar-refractivity contribution in [2.45, 2.75) is 6.54 Å². The standard InChI is InChI=1S/C17H15BrFNO3/c1-20(16(21)14-9-13(19)7-8-15(14)18)10-11-3-5-12(6-4-11)17(22)23-2/h3-9H,10H2,1-2H3. The maximum Gasteiger partial charge on any atom is 0.337 e. The highest BCUT2D eigenvalue weighted by molar-refractivity contribution is 9.10. The minimum atomic E-state index is -0.465. The van der Waals surface area contributed by atoms with Gasteiger partial charge in [-0.05, 0) is 51.8 Å². The minimum Gasteiger partial charge on any atom is -0.465 e. The van der Waals surface area contributed by atoms with Gasteiger partial charge in [-0.1, -0.05) is 12.1 Å². The summed E-state index contributed by atoms with van der Waals surface area (Å²) in [5.41, 5.74) is 1.55. The summed E-state index contributed by atoms with van der Waals surface area (Å²) < 4.78 is 18.5. The third-order valence-electron chi connectivity index (χ3n) is 3.30. The van der Waals surface area contributed by atoms with Gasteiger partial charge >= 0.3 is 5.97 Å². The van der Waals surface area contributed by atoms with Crippen molar-refractivity contribution in [1.29, 1.82) is 0 Å². The van der Waals surface area contributed by atoms with E-state index in [2.05, 4.69) is 20.7 Å². The lowest BCUT2D eigenvalue weighted by molar-refractivity contribution is 0.0600. The molecule has 0 atom stereocenters. The van der Waals surface area contributed by atoms with Crippen LogP contribution in [0.15, 0.2) is 46.9 Å². The van der Waals surface area contributed by atoms with Crippen molar-refractivity contribution in [2.24, 2.45) is 0 Å². The Morgan fingerprint density at radius 3 is 2.43 bits per heavy atom. The Balaban J connectivity index is 2.12. The van der Waals surface area contributed by atoms with Gasteiger partial charge in [0, 0.05) is 18.1 Å². The molecule has 4 nitrogen and oxygen atoms in total. The molecular weight excluding hydrogens is 365 g/mol. The maximum absolute atomic E-state index is 13.3. The van der Waals surface area contributed by atoms with E-state index in [4.69, 9.17) is 0 Å². The number of amides is 1. The van der Waals surface area contributed by atoms with Crippen molar-refractivity contribution >= 4 is 27.8 Å². The Hall–Kier alpha value is -2.21. The fraction of sp³-hybridized carbons (Fsp3) is 0.176. The lowest BCUT2D eigenvalue weighted by atomic mass is 10.1. The summed E-state index contributed by atoms with van der Waals surface area (Å²) in [7, 11) is 2.95. The van der Waals surface area contributed by atoms with E-state index in [1.807, 2.05) is 0 Å². The number of carbonyl (C=O) groups is 2. The number of ether oxygens (including phenoxy) is 1. The Morgan fingerprint density at radius 2 is 1.83 bits per heavy atom. The number of hydrogen-bond acceptors (Lipinski definition) is 3. The molecule has 0 unspecified atom stereocenters. The first-order valence-corrected chi connectivity index (χ1v) is 7.59. The minimum absolute atomic E-state index is 0.263. The van der Waals surface area contributed by atoms with E-state index < -0.39 is 11.8 Å². The Kier molecular flexibility index (Phi) is 5.50. The predicted octanol–water partition coefficient (Wildman–Crippen LogP) is 3.65. The van der Waals surface area contributed by atoms with Gasteiger partial charge in [-0.3, -0.25) is 4.79 Å². The van der Waals surface area contributed by atoms with Crippen molar-refractivity contribution in [3.8, 4) is 0 Å². The lowest BCUT2D eigenvalue weighted by Crippen LogP contribution is -2.26. The number of esters is 1. The van der Waals surface area contributed by atoms with Crippen molar-refractivity contribution in [1.82, 2.24) is 4.90 Å². The number of methoxy groups -OCH3 is 1. The molecule has 0 fully saturated rings. The summed E-state index contributed by atoms with van der Waals surface area (Å²) >= 11 is 3.25. The molecule has 2 rings (SSSR count). The number of benzene rings is 2. The second kappa shape index (κ2) is 7.37. The van der Waals surface area contributed by atoms with Crippen molar-refractivity contribution in [3.05, 3.63) is 69.4 Å². The molecule has 0 saturated carbocycles. The second-order valence-electron chi connectivity index (χ2n) is 4.97. The smallest absolute Gasteiger partial charge is 0.337 e. The quantitative estimate of drug-likeness (QED) is 0.761. The van der Waals surface area contributed by atoms with Gasteiger partial charge in [-0.25, -0.2) is 9.18 Å². The van der Waals surface area contributed by atoms with Gasteiger partial charge in [-0.2, -0.15) is 0 Å². The van der Waals surface area contributed by atoms with Gasteiger partial charge < -0.3 is 9.64 Å². The van der Waals surface area contributed by atoms with E-state index in [1.165, 1.54) is 30.2 Å². The zero-order valence-electron chi connectivity index (χ0n) is 12.7. The van der Waals surface area contributed by atoms with Gasteiger partial charge in [0.05, 0.1) is 18.2 Å². The summed E-state index contributed by atoms with van der Waals surface area (Å²) in [6.45, 7) is 0.337. The number of halogens is 2. The van der Waals surface area contributed by atoms with E-state index >= 15 is 0 Å². The van der Waals surface area contributed by atoms with E-state index in [0.717, 1.165) is 5.56 Å². The summed E-state index contributed by atoms with van der Waals surface area (Å²) in [5.74, 6) is -1.18. The molecule has 0 saturated heterocycles. The third-order valence-corrected chi connectivity index (χ3v) is 3.99. The molecule has 0 aliphatic carbocycles. The first kappa shape index (κ1) is 17.1. The van der Waals surface area contributed by atoms with E-state index in [-0.39, 0.29) is 11.5 Å². The first-order chi connectivity index (χ1) is 10.9. The van der Waals surface area contributed by atoms with Crippen LogP contribution in [0.1, 0.15) is 26.3 Å². The van der Waals surface area contributed by atoms with Crippen LogP contribution < -0.4 is 0 Å². The monoisotopic (exact) mass is 379 g/mol. The SMILES string of the molecule is COC(=O)c1ccc(CN(C)C(=O)c2cc(F)ccc2Br)cc1. The Labute approximate surface area is 142 Å². The predicted molar refractivity (Wildman–Crippen MR) is 87.7 cm³/mol. The Bertz CT molecular complexity index is 731. The molecule has 1 amide bonds. The van der Waals surface area contributed by atoms with Gasteiger partial charge in [-0.15, -0.1) is 0 Å². The number of rotatable bonds is 4. The van der Waals surface area contributed by atoms with Crippen LogP contribution in [0, 0.1) is 5.82 Å². The number of hydrogen-bond donors (Lipinski definition) is 0. The molecule has 2 aromatic carbocycles. The normalized spacial score (nSPS) is 10.3. The first-order valence-electron chi connectivity index (χ1n) is 6.80. The van der Waals surface area contributed by atoms with Crippen molar-refractivity contribution in [3.63, 3.8) is 0 Å². The van der Waals surface area contributed by atoms with Crippen LogP contribution in [-0.4, -0.2) is 30.9 Å². The number of nitrogens with zero attached hydrogens (tertiary/aromatic N) is 1. The molecule has 23 heavy (non-hydrogen) atoms. The molecule has 0 bridgehead atoms. The molecule has 6 heteroatoms. The molecular formula is C17H15BrFNO3. The lowest BCUT2D eigenvalue weighted by Gasteiger charge is -2.18. The zero-order chi connectivity index (χ0) is 17.0. The third kappa shape index (κ3) is 4.16. The van der Waals surface area contributed by atoms with Crippen LogP contribution in [0.3, 0.4) is 0 Å². The van der Waals surface area contributed by atoms with Gasteiger partial charge in [0.1, 0.15) is 5.82 Å². The second-order valence-corrected chi connectivity index (χ2v) is 5.83. The van der Waals surface area contributed by atoms with Crippen molar-refractivity contribution < 1.29 is 18.7 Å². The zero-order valence-corrected chi connectivity index (χ0v) is 14.3. The molecule has 0 aliphatic heterocycles. The average Bonchev–Trinajstić information content (AvgIpc) is 2.56. The molecule has 120 valence electrons. The van der Waals surface area contributed by atoms with E-state index in [9.17, 15) is 14.0 Å². The van der Waals surface area contributed by atoms with Crippen LogP contribution in [0.25, 0.3) is 0 Å². The Morgan fingerprint density at radius 1 is 1.17 bits per heavy atom. The van der Waals surface area contributed by atoms with Gasteiger partial charge in [0.25, 0.3) is 5.91 Å². The summed E-state index contributed by atoms with van der Waals surface area (Å²) in [5, 5.41) is 0. The molecule has 0 N–H and O–H groups in total. The molecule has 0 spiro atoms. The highest BCUT2D eigenvalue weighted by atomic mass is 79.9. The fourth-order valence-corrected chi connectivity index (χ4v) is 2.49. The molecule has 2 aromatic rings. The molecule has 0 heterocycles. The van der Waals surface area contributed by atoms with Crippen molar-refractivity contribution in [2.75, 3.05) is 14.2 Å². The highest BCUT2D eigenvalue weighted by Gasteiger charge is 2.16. The maximum atomic E-state index is 13.3. The highest BCUT2D eigenvalue weighted by Crippen LogP contribution is 2.20.